The van der Waals surface area contributed by atoms with Crippen LogP contribution in [0.25, 0.3) is 22.0 Å². The van der Waals surface area contributed by atoms with Crippen LogP contribution in [0.2, 0.25) is 0 Å². The third-order valence-electron chi connectivity index (χ3n) is 11.2. The molecule has 1 saturated heterocycles. The van der Waals surface area contributed by atoms with Gasteiger partial charge in [0.15, 0.2) is 11.5 Å². The first-order valence-electron chi connectivity index (χ1n) is 18.0. The molecule has 8 bridgehead atoms. The number of aromatic nitrogens is 3. The van der Waals surface area contributed by atoms with Gasteiger partial charge < -0.3 is 25.0 Å². The van der Waals surface area contributed by atoms with Gasteiger partial charge in [0.05, 0.1) is 0 Å². The van der Waals surface area contributed by atoms with Gasteiger partial charge in [-0.15, -0.1) is 0 Å². The largest absolute Gasteiger partial charge is 0.366 e. The number of nitrogens with one attached hydrogen (secondary N) is 3. The number of aromatic amines is 2. The monoisotopic (exact) mass is 632 g/mol. The predicted molar refractivity (Wildman–Crippen MR) is 180 cm³/mol. The normalized spacial score (nSPS) is 26.2. The number of carbonyl (C=O) groups excluding carboxylic acids is 1. The van der Waals surface area contributed by atoms with Crippen molar-refractivity contribution in [2.45, 2.75) is 122 Å². The van der Waals surface area contributed by atoms with Gasteiger partial charge in [-0.05, 0) is 106 Å². The highest BCUT2D eigenvalue weighted by molar-refractivity contribution is 5.86. The van der Waals surface area contributed by atoms with Gasteiger partial charge in [-0.3, -0.25) is 9.59 Å². The zero-order valence-corrected chi connectivity index (χ0v) is 27.7. The second kappa shape index (κ2) is 14.4. The molecular formula is C37H54N5O4+. The molecule has 2 atom stereocenters. The van der Waals surface area contributed by atoms with Crippen LogP contribution in [0.15, 0.2) is 41.5 Å². The average Bonchev–Trinajstić information content (AvgIpc) is 3.52. The number of H-pyrrole nitrogens is 2. The standard InChI is InChI=1S/C37H53N5O4/c1-2-37(45,46)16-9-7-8-12-31-33-38-26-32(39-33)28-13-14-29-27(24-28)15-21-42(35(29)44)20-11-6-4-3-5-10-19-41-22-17-36(18-23-41)25-30(36)34(43)40-31/h13-15,21,24,26,30-31,45-46H,2-12,16-20,22-23,25H2,1H3,(H,38,39)(H,40,43)/p+1/t30-,31+/m1/s1. The number of amides is 1. The van der Waals surface area contributed by atoms with E-state index in [0.29, 0.717) is 12.8 Å². The summed E-state index contributed by atoms with van der Waals surface area (Å²) >= 11 is 0. The van der Waals surface area contributed by atoms with Crippen LogP contribution in [0.3, 0.4) is 0 Å². The number of aryl methyl sites for hydroxylation is 1. The van der Waals surface area contributed by atoms with Crippen LogP contribution >= 0.6 is 0 Å². The lowest BCUT2D eigenvalue weighted by atomic mass is 9.90. The van der Waals surface area contributed by atoms with Crippen LogP contribution < -0.4 is 15.9 Å². The maximum Gasteiger partial charge on any atom is 0.275 e. The minimum atomic E-state index is -1.60. The lowest BCUT2D eigenvalue weighted by molar-refractivity contribution is -0.391. The number of hydrogen-bond acceptors (Lipinski definition) is 5. The van der Waals surface area contributed by atoms with E-state index in [1.165, 1.54) is 25.7 Å². The van der Waals surface area contributed by atoms with Crippen molar-refractivity contribution >= 4 is 16.7 Å². The van der Waals surface area contributed by atoms with E-state index in [-0.39, 0.29) is 28.8 Å². The zero-order valence-electron chi connectivity index (χ0n) is 27.7. The van der Waals surface area contributed by atoms with Gasteiger partial charge in [-0.25, -0.2) is 9.97 Å². The molecule has 2 fully saturated rings. The van der Waals surface area contributed by atoms with Crippen molar-refractivity contribution in [2.75, 3.05) is 19.6 Å². The molecule has 0 unspecified atom stereocenters. The Balaban J connectivity index is 1.21. The molecule has 9 nitrogen and oxygen atoms in total. The number of unbranched alkanes of at least 4 members (excludes halogenated alkanes) is 2. The first kappa shape index (κ1) is 32.9. The van der Waals surface area contributed by atoms with E-state index in [1.54, 1.807) is 6.92 Å². The first-order valence-corrected chi connectivity index (χ1v) is 18.0. The smallest absolute Gasteiger partial charge is 0.275 e. The number of piperidine rings is 1. The molecular weight excluding hydrogens is 578 g/mol. The molecule has 7 aliphatic heterocycles. The summed E-state index contributed by atoms with van der Waals surface area (Å²) in [6.45, 7) is 5.88. The zero-order chi connectivity index (χ0) is 32.1. The number of carbonyl (C=O) groups is 1. The van der Waals surface area contributed by atoms with Crippen LogP contribution in [0.5, 0.6) is 0 Å². The Labute approximate surface area is 272 Å². The summed E-state index contributed by atoms with van der Waals surface area (Å²) in [7, 11) is 0. The molecule has 1 saturated carbocycles. The molecule has 2 aromatic heterocycles. The lowest BCUT2D eigenvalue weighted by Gasteiger charge is -2.33. The van der Waals surface area contributed by atoms with Gasteiger partial charge in [0.2, 0.25) is 5.91 Å². The molecule has 1 amide bonds. The topological polar surface area (TPSA) is 125 Å². The fourth-order valence-corrected chi connectivity index (χ4v) is 7.83. The molecule has 5 N–H and O–H groups in total. The number of rotatable bonds is 7. The Morgan fingerprint density at radius 1 is 0.957 bits per heavy atom. The van der Waals surface area contributed by atoms with Gasteiger partial charge in [-0.2, -0.15) is 0 Å². The summed E-state index contributed by atoms with van der Waals surface area (Å²) in [6, 6.07) is 7.83. The number of benzene rings is 1. The van der Waals surface area contributed by atoms with Gasteiger partial charge in [0.25, 0.3) is 11.4 Å². The van der Waals surface area contributed by atoms with E-state index < -0.39 is 5.79 Å². The van der Waals surface area contributed by atoms with Crippen LogP contribution in [-0.2, 0) is 11.3 Å². The van der Waals surface area contributed by atoms with Gasteiger partial charge in [0, 0.05) is 36.0 Å². The molecule has 8 aliphatic rings. The third kappa shape index (κ3) is 7.75. The Hall–Kier alpha value is -3.01. The number of pyridine rings is 1. The Morgan fingerprint density at radius 2 is 1.72 bits per heavy atom. The van der Waals surface area contributed by atoms with Crippen molar-refractivity contribution in [2.24, 2.45) is 11.3 Å². The van der Waals surface area contributed by atoms with Crippen LogP contribution in [0.1, 0.15) is 115 Å². The second-order valence-corrected chi connectivity index (χ2v) is 14.4. The summed E-state index contributed by atoms with van der Waals surface area (Å²) in [5.41, 5.74) is 2.13. The summed E-state index contributed by atoms with van der Waals surface area (Å²) < 4.78 is 1.86. The highest BCUT2D eigenvalue weighted by atomic mass is 16.5. The highest BCUT2D eigenvalue weighted by Crippen LogP contribution is 2.59. The quantitative estimate of drug-likeness (QED) is 0.203. The molecule has 9 heterocycles. The summed E-state index contributed by atoms with van der Waals surface area (Å²) in [5.74, 6) is -0.500. The maximum atomic E-state index is 13.7. The van der Waals surface area contributed by atoms with Crippen molar-refractivity contribution in [1.82, 2.24) is 19.8 Å². The molecule has 11 rings (SSSR count). The second-order valence-electron chi connectivity index (χ2n) is 14.4. The summed E-state index contributed by atoms with van der Waals surface area (Å²) in [6.07, 6.45) is 18.1. The third-order valence-corrected chi connectivity index (χ3v) is 11.2. The summed E-state index contributed by atoms with van der Waals surface area (Å²) in [4.78, 5) is 36.5. The molecule has 0 radical (unpaired) electrons. The van der Waals surface area contributed by atoms with E-state index in [9.17, 15) is 19.8 Å². The first-order chi connectivity index (χ1) is 22.3. The maximum absolute atomic E-state index is 13.7. The van der Waals surface area contributed by atoms with E-state index in [4.69, 9.17) is 0 Å². The Morgan fingerprint density at radius 3 is 2.50 bits per heavy atom. The van der Waals surface area contributed by atoms with Gasteiger partial charge in [0.1, 0.15) is 12.2 Å². The van der Waals surface area contributed by atoms with E-state index >= 15 is 0 Å². The van der Waals surface area contributed by atoms with Crippen LogP contribution in [-0.4, -0.2) is 56.0 Å². The highest BCUT2D eigenvalue weighted by Gasteiger charge is 2.58. The SMILES string of the molecule is CCC(O)(O)CCCCC[C@@H]1NC(=O)[C@H]2CC23CCN(CCCCCCCCn2ccc4cc(ccc4c2=O)-c2c[nH+]c1[nH]2)CC3. The molecule has 250 valence electrons. The fraction of sp³-hybridized carbons (Fsp3) is 0.649. The number of imidazole rings is 1. The Bertz CT molecular complexity index is 1540. The van der Waals surface area contributed by atoms with Crippen molar-refractivity contribution in [3.8, 4) is 11.3 Å². The van der Waals surface area contributed by atoms with E-state index in [1.807, 2.05) is 35.2 Å². The average molecular weight is 633 g/mol. The number of aliphatic hydroxyl groups is 2. The summed E-state index contributed by atoms with van der Waals surface area (Å²) in [5, 5.41) is 25.0. The van der Waals surface area contributed by atoms with Crippen LogP contribution in [0.4, 0.5) is 0 Å². The van der Waals surface area contributed by atoms with Crippen molar-refractivity contribution in [1.29, 1.82) is 0 Å². The molecule has 3 aromatic rings. The van der Waals surface area contributed by atoms with Gasteiger partial charge >= 0.3 is 0 Å². The van der Waals surface area contributed by atoms with Crippen molar-refractivity contribution in [3.63, 3.8) is 0 Å². The van der Waals surface area contributed by atoms with Crippen LogP contribution in [0, 0.1) is 11.3 Å². The van der Waals surface area contributed by atoms with Crippen molar-refractivity contribution in [3.05, 3.63) is 52.8 Å². The van der Waals surface area contributed by atoms with E-state index in [0.717, 1.165) is 112 Å². The molecule has 9 heteroatoms. The Kier molecular flexibility index (Phi) is 10.3. The lowest BCUT2D eigenvalue weighted by Crippen LogP contribution is -2.38. The fourth-order valence-electron chi connectivity index (χ4n) is 7.83. The predicted octanol–water partition coefficient (Wildman–Crippen LogP) is 5.47. The molecule has 46 heavy (non-hydrogen) atoms. The number of hydrogen-bond donors (Lipinski definition) is 4. The minimum absolute atomic E-state index is 0.0661. The number of nitrogens with zero attached hydrogens (tertiary/aromatic N) is 2. The van der Waals surface area contributed by atoms with Gasteiger partial charge in [-0.1, -0.05) is 45.4 Å². The van der Waals surface area contributed by atoms with E-state index in [2.05, 4.69) is 26.3 Å². The molecule has 1 aliphatic carbocycles. The molecule has 1 spiro atoms. The minimum Gasteiger partial charge on any atom is -0.366 e. The van der Waals surface area contributed by atoms with Crippen molar-refractivity contribution < 1.29 is 20.0 Å². The molecule has 1 aromatic carbocycles.